The molecule has 1 fully saturated rings. The average molecular weight is 279 g/mol. The first-order valence-electron chi connectivity index (χ1n) is 6.46. The van der Waals surface area contributed by atoms with E-state index < -0.39 is 9.84 Å². The van der Waals surface area contributed by atoms with Crippen LogP contribution in [0.2, 0.25) is 0 Å². The number of nitrogens with two attached hydrogens (primary N) is 1. The highest BCUT2D eigenvalue weighted by molar-refractivity contribution is 7.92. The summed E-state index contributed by atoms with van der Waals surface area (Å²) in [5, 5.41) is -0.278. The second kappa shape index (κ2) is 4.61. The third-order valence-electron chi connectivity index (χ3n) is 3.77. The van der Waals surface area contributed by atoms with E-state index in [1.807, 2.05) is 22.7 Å². The Morgan fingerprint density at radius 1 is 1.42 bits per heavy atom. The highest BCUT2D eigenvalue weighted by atomic mass is 32.2. The van der Waals surface area contributed by atoms with Crippen molar-refractivity contribution < 1.29 is 8.42 Å². The van der Waals surface area contributed by atoms with Gasteiger partial charge in [-0.05, 0) is 24.5 Å². The summed E-state index contributed by atoms with van der Waals surface area (Å²) in [5.41, 5.74) is 7.63. The minimum absolute atomic E-state index is 0.278. The molecule has 3 rings (SSSR count). The number of nitrogens with zero attached hydrogens (tertiary/aromatic N) is 2. The van der Waals surface area contributed by atoms with Gasteiger partial charge in [0, 0.05) is 19.2 Å². The summed E-state index contributed by atoms with van der Waals surface area (Å²) in [6.07, 6.45) is 5.72. The van der Waals surface area contributed by atoms with Crippen molar-refractivity contribution in [3.63, 3.8) is 0 Å². The number of aromatic nitrogens is 2. The van der Waals surface area contributed by atoms with Crippen LogP contribution in [-0.4, -0.2) is 28.8 Å². The molecule has 1 atom stereocenters. The van der Waals surface area contributed by atoms with Gasteiger partial charge in [0.25, 0.3) is 0 Å². The van der Waals surface area contributed by atoms with Gasteiger partial charge < -0.3 is 10.1 Å². The quantitative estimate of drug-likeness (QED) is 0.906. The van der Waals surface area contributed by atoms with Crippen LogP contribution in [0.4, 0.5) is 0 Å². The minimum atomic E-state index is -2.93. The van der Waals surface area contributed by atoms with Gasteiger partial charge in [-0.15, -0.1) is 0 Å². The van der Waals surface area contributed by atoms with Gasteiger partial charge in [-0.2, -0.15) is 0 Å². The van der Waals surface area contributed by atoms with Crippen molar-refractivity contribution in [1.29, 1.82) is 0 Å². The summed E-state index contributed by atoms with van der Waals surface area (Å²) in [5.74, 6) is 1.12. The van der Waals surface area contributed by atoms with Crippen molar-refractivity contribution in [3.8, 4) is 0 Å². The fourth-order valence-corrected chi connectivity index (χ4v) is 4.48. The normalized spacial score (nSPS) is 22.1. The third kappa shape index (κ3) is 2.26. The molecular formula is C13H17N3O2S. The van der Waals surface area contributed by atoms with E-state index in [9.17, 15) is 8.42 Å². The van der Waals surface area contributed by atoms with Gasteiger partial charge in [0.15, 0.2) is 9.84 Å². The van der Waals surface area contributed by atoms with E-state index in [-0.39, 0.29) is 5.25 Å². The van der Waals surface area contributed by atoms with E-state index in [1.54, 1.807) is 6.20 Å². The fraction of sp³-hybridized carbons (Fsp3) is 0.462. The van der Waals surface area contributed by atoms with E-state index >= 15 is 0 Å². The van der Waals surface area contributed by atoms with Crippen LogP contribution in [0, 0.1) is 0 Å². The van der Waals surface area contributed by atoms with E-state index in [2.05, 4.69) is 4.98 Å². The molecule has 0 aliphatic carbocycles. The first kappa shape index (κ1) is 12.6. The van der Waals surface area contributed by atoms with E-state index in [1.165, 1.54) is 0 Å². The number of rotatable bonds is 3. The minimum Gasteiger partial charge on any atom is -0.326 e. The number of fused-ring (bicyclic) bond motifs is 1. The molecule has 0 spiro atoms. The van der Waals surface area contributed by atoms with Crippen molar-refractivity contribution in [2.45, 2.75) is 31.1 Å². The van der Waals surface area contributed by atoms with E-state index in [4.69, 9.17) is 5.73 Å². The first-order valence-corrected chi connectivity index (χ1v) is 8.18. The van der Waals surface area contributed by atoms with Crippen molar-refractivity contribution >= 4 is 15.4 Å². The van der Waals surface area contributed by atoms with E-state index in [0.717, 1.165) is 29.7 Å². The van der Waals surface area contributed by atoms with Gasteiger partial charge in [0.2, 0.25) is 0 Å². The zero-order valence-electron chi connectivity index (χ0n) is 10.6. The maximum Gasteiger partial charge on any atom is 0.153 e. The van der Waals surface area contributed by atoms with Crippen molar-refractivity contribution in [1.82, 2.24) is 9.38 Å². The monoisotopic (exact) mass is 279 g/mol. The molecule has 0 aromatic carbocycles. The number of imidazole rings is 1. The third-order valence-corrected chi connectivity index (χ3v) is 6.05. The Kier molecular flexibility index (Phi) is 3.06. The van der Waals surface area contributed by atoms with Gasteiger partial charge >= 0.3 is 0 Å². The molecule has 2 aromatic heterocycles. The lowest BCUT2D eigenvalue weighted by atomic mass is 10.2. The van der Waals surface area contributed by atoms with Crippen LogP contribution in [0.3, 0.4) is 0 Å². The van der Waals surface area contributed by atoms with Crippen LogP contribution < -0.4 is 5.73 Å². The molecule has 2 aromatic rings. The molecule has 1 unspecified atom stereocenters. The highest BCUT2D eigenvalue weighted by Crippen LogP contribution is 2.23. The number of sulfone groups is 1. The van der Waals surface area contributed by atoms with Crippen LogP contribution in [0.15, 0.2) is 24.5 Å². The van der Waals surface area contributed by atoms with Gasteiger partial charge in [-0.3, -0.25) is 0 Å². The molecule has 2 N–H and O–H groups in total. The molecule has 6 heteroatoms. The number of pyridine rings is 1. The summed E-state index contributed by atoms with van der Waals surface area (Å²) >= 11 is 0. The van der Waals surface area contributed by atoms with Crippen molar-refractivity contribution in [3.05, 3.63) is 35.9 Å². The van der Waals surface area contributed by atoms with Gasteiger partial charge in [0.05, 0.1) is 22.7 Å². The Hall–Kier alpha value is -1.40. The lowest BCUT2D eigenvalue weighted by Gasteiger charge is -2.09. The molecule has 0 bridgehead atoms. The van der Waals surface area contributed by atoms with Crippen LogP contribution >= 0.6 is 0 Å². The van der Waals surface area contributed by atoms with Crippen LogP contribution in [-0.2, 0) is 22.8 Å². The van der Waals surface area contributed by atoms with Crippen LogP contribution in [0.5, 0.6) is 0 Å². The Labute approximate surface area is 112 Å². The van der Waals surface area contributed by atoms with Crippen LogP contribution in [0.1, 0.15) is 24.2 Å². The largest absolute Gasteiger partial charge is 0.326 e. The summed E-state index contributed by atoms with van der Waals surface area (Å²) in [6.45, 7) is 0.468. The predicted molar refractivity (Wildman–Crippen MR) is 73.6 cm³/mol. The molecule has 0 amide bonds. The SMILES string of the molecule is NCc1ccc2cnc(CC3CCCS3(=O)=O)n2c1. The van der Waals surface area contributed by atoms with Gasteiger partial charge in [-0.1, -0.05) is 6.07 Å². The van der Waals surface area contributed by atoms with E-state index in [0.29, 0.717) is 18.7 Å². The second-order valence-electron chi connectivity index (χ2n) is 5.05. The number of hydrogen-bond acceptors (Lipinski definition) is 4. The molecule has 3 heterocycles. The average Bonchev–Trinajstić information content (AvgIpc) is 2.94. The van der Waals surface area contributed by atoms with Crippen LogP contribution in [0.25, 0.3) is 5.52 Å². The Bertz CT molecular complexity index is 706. The fourth-order valence-electron chi connectivity index (χ4n) is 2.65. The predicted octanol–water partition coefficient (Wildman–Crippen LogP) is 0.913. The Balaban J connectivity index is 1.97. The smallest absolute Gasteiger partial charge is 0.153 e. The van der Waals surface area contributed by atoms with Gasteiger partial charge in [0.1, 0.15) is 5.82 Å². The topological polar surface area (TPSA) is 77.5 Å². The molecular weight excluding hydrogens is 262 g/mol. The summed E-state index contributed by atoms with van der Waals surface area (Å²) < 4.78 is 25.7. The zero-order valence-corrected chi connectivity index (χ0v) is 11.4. The molecule has 0 saturated carbocycles. The van der Waals surface area contributed by atoms with Crippen molar-refractivity contribution in [2.24, 2.45) is 5.73 Å². The Morgan fingerprint density at radius 2 is 2.26 bits per heavy atom. The molecule has 19 heavy (non-hydrogen) atoms. The second-order valence-corrected chi connectivity index (χ2v) is 7.45. The molecule has 102 valence electrons. The lowest BCUT2D eigenvalue weighted by molar-refractivity contribution is 0.586. The number of hydrogen-bond donors (Lipinski definition) is 1. The highest BCUT2D eigenvalue weighted by Gasteiger charge is 2.32. The molecule has 1 aliphatic heterocycles. The maximum atomic E-state index is 11.9. The summed E-state index contributed by atoms with van der Waals surface area (Å²) in [4.78, 5) is 4.36. The summed E-state index contributed by atoms with van der Waals surface area (Å²) in [6, 6.07) is 3.93. The van der Waals surface area contributed by atoms with Gasteiger partial charge in [-0.25, -0.2) is 13.4 Å². The lowest BCUT2D eigenvalue weighted by Crippen LogP contribution is -2.20. The summed E-state index contributed by atoms with van der Waals surface area (Å²) in [7, 11) is -2.93. The maximum absolute atomic E-state index is 11.9. The van der Waals surface area contributed by atoms with Crippen molar-refractivity contribution in [2.75, 3.05) is 5.75 Å². The first-order chi connectivity index (χ1) is 9.10. The zero-order chi connectivity index (χ0) is 13.5. The molecule has 1 saturated heterocycles. The molecule has 5 nitrogen and oxygen atoms in total. The standard InChI is InChI=1S/C13H17N3O2S/c14-7-10-3-4-11-8-15-13(16(11)9-10)6-12-2-1-5-19(12,17)18/h3-4,8-9,12H,1-2,5-7,14H2. The molecule has 1 aliphatic rings. The Morgan fingerprint density at radius 3 is 2.95 bits per heavy atom. The molecule has 0 radical (unpaired) electrons.